The first-order chi connectivity index (χ1) is 8.49. The molecule has 1 aliphatic carbocycles. The maximum absolute atomic E-state index is 12.2. The fourth-order valence-electron chi connectivity index (χ4n) is 2.31. The van der Waals surface area contributed by atoms with Gasteiger partial charge in [-0.3, -0.25) is 0 Å². The second-order valence-electron chi connectivity index (χ2n) is 4.91. The molecule has 2 unspecified atom stereocenters. The highest BCUT2D eigenvalue weighted by molar-refractivity contribution is 7.89. The average Bonchev–Trinajstić information content (AvgIpc) is 2.32. The number of anilines is 1. The molecule has 1 saturated carbocycles. The summed E-state index contributed by atoms with van der Waals surface area (Å²) >= 11 is 0. The Bertz CT molecular complexity index is 499. The van der Waals surface area contributed by atoms with Crippen molar-refractivity contribution in [1.82, 2.24) is 9.71 Å². The van der Waals surface area contributed by atoms with Crippen molar-refractivity contribution in [3.05, 3.63) is 18.3 Å². The largest absolute Gasteiger partial charge is 0.384 e. The Morgan fingerprint density at radius 1 is 1.33 bits per heavy atom. The minimum atomic E-state index is -3.48. The summed E-state index contributed by atoms with van der Waals surface area (Å²) in [7, 11) is -3.48. The van der Waals surface area contributed by atoms with Crippen molar-refractivity contribution in [1.29, 1.82) is 0 Å². The van der Waals surface area contributed by atoms with Gasteiger partial charge in [-0.15, -0.1) is 0 Å². The van der Waals surface area contributed by atoms with Crippen LogP contribution in [0.1, 0.15) is 32.6 Å². The molecule has 1 fully saturated rings. The summed E-state index contributed by atoms with van der Waals surface area (Å²) in [6, 6.07) is 3.01. The third-order valence-electron chi connectivity index (χ3n) is 3.49. The number of nitrogens with one attached hydrogen (secondary N) is 1. The molecular weight excluding hydrogens is 250 g/mol. The first-order valence-electron chi connectivity index (χ1n) is 6.23. The van der Waals surface area contributed by atoms with E-state index in [2.05, 4.69) is 16.6 Å². The van der Waals surface area contributed by atoms with Crippen LogP contribution in [-0.4, -0.2) is 19.4 Å². The zero-order chi connectivity index (χ0) is 13.2. The van der Waals surface area contributed by atoms with Crippen molar-refractivity contribution in [2.75, 3.05) is 5.73 Å². The summed E-state index contributed by atoms with van der Waals surface area (Å²) in [4.78, 5) is 3.99. The highest BCUT2D eigenvalue weighted by Gasteiger charge is 2.26. The molecule has 0 radical (unpaired) electrons. The molecule has 5 nitrogen and oxygen atoms in total. The van der Waals surface area contributed by atoms with E-state index in [0.29, 0.717) is 11.7 Å². The Labute approximate surface area is 108 Å². The van der Waals surface area contributed by atoms with Gasteiger partial charge in [0.2, 0.25) is 10.0 Å². The summed E-state index contributed by atoms with van der Waals surface area (Å²) in [5.74, 6) is 0.704. The lowest BCUT2D eigenvalue weighted by molar-refractivity contribution is 0.310. The third kappa shape index (κ3) is 3.00. The first-order valence-corrected chi connectivity index (χ1v) is 7.71. The summed E-state index contributed by atoms with van der Waals surface area (Å²) in [6.45, 7) is 2.09. The molecule has 1 aliphatic rings. The van der Waals surface area contributed by atoms with E-state index in [-0.39, 0.29) is 10.9 Å². The number of pyridine rings is 1. The number of hydrogen-bond donors (Lipinski definition) is 2. The zero-order valence-corrected chi connectivity index (χ0v) is 11.3. The molecule has 6 heteroatoms. The number of rotatable bonds is 3. The van der Waals surface area contributed by atoms with Crippen LogP contribution in [0.3, 0.4) is 0 Å². The van der Waals surface area contributed by atoms with Gasteiger partial charge < -0.3 is 5.73 Å². The highest BCUT2D eigenvalue weighted by atomic mass is 32.2. The molecule has 0 bridgehead atoms. The van der Waals surface area contributed by atoms with Gasteiger partial charge in [0.1, 0.15) is 10.7 Å². The Morgan fingerprint density at radius 3 is 2.67 bits per heavy atom. The maximum Gasteiger partial charge on any atom is 0.242 e. The van der Waals surface area contributed by atoms with E-state index in [1.807, 2.05) is 0 Å². The molecule has 0 aromatic carbocycles. The van der Waals surface area contributed by atoms with Gasteiger partial charge in [-0.2, -0.15) is 0 Å². The van der Waals surface area contributed by atoms with Crippen molar-refractivity contribution >= 4 is 15.8 Å². The quantitative estimate of drug-likeness (QED) is 0.871. The van der Waals surface area contributed by atoms with Crippen molar-refractivity contribution in [2.24, 2.45) is 5.92 Å². The smallest absolute Gasteiger partial charge is 0.242 e. The Morgan fingerprint density at radius 2 is 2.06 bits per heavy atom. The van der Waals surface area contributed by atoms with Crippen LogP contribution in [0.2, 0.25) is 0 Å². The van der Waals surface area contributed by atoms with Gasteiger partial charge in [0.15, 0.2) is 0 Å². The number of nitrogen functional groups attached to an aromatic ring is 1. The first kappa shape index (κ1) is 13.3. The molecule has 18 heavy (non-hydrogen) atoms. The molecule has 3 N–H and O–H groups in total. The van der Waals surface area contributed by atoms with Crippen LogP contribution in [0.4, 0.5) is 5.82 Å². The number of nitrogens with zero attached hydrogens (tertiary/aromatic N) is 1. The minimum Gasteiger partial charge on any atom is -0.384 e. The van der Waals surface area contributed by atoms with Gasteiger partial charge in [-0.25, -0.2) is 18.1 Å². The monoisotopic (exact) mass is 269 g/mol. The second kappa shape index (κ2) is 5.24. The van der Waals surface area contributed by atoms with Crippen LogP contribution in [0.5, 0.6) is 0 Å². The fourth-order valence-corrected chi connectivity index (χ4v) is 3.63. The van der Waals surface area contributed by atoms with Crippen molar-refractivity contribution in [3.63, 3.8) is 0 Å². The van der Waals surface area contributed by atoms with Crippen molar-refractivity contribution in [2.45, 2.75) is 43.5 Å². The third-order valence-corrected chi connectivity index (χ3v) is 4.96. The minimum absolute atomic E-state index is 0.0290. The zero-order valence-electron chi connectivity index (χ0n) is 10.5. The number of hydrogen-bond acceptors (Lipinski definition) is 4. The molecule has 0 saturated heterocycles. The van der Waals surface area contributed by atoms with E-state index < -0.39 is 10.0 Å². The van der Waals surface area contributed by atoms with Crippen LogP contribution >= 0.6 is 0 Å². The van der Waals surface area contributed by atoms with E-state index in [4.69, 9.17) is 5.73 Å². The van der Waals surface area contributed by atoms with Gasteiger partial charge in [0, 0.05) is 12.2 Å². The van der Waals surface area contributed by atoms with Crippen molar-refractivity contribution < 1.29 is 8.42 Å². The van der Waals surface area contributed by atoms with Gasteiger partial charge in [0.25, 0.3) is 0 Å². The summed E-state index contributed by atoms with van der Waals surface area (Å²) in [5.41, 5.74) is 5.45. The predicted molar refractivity (Wildman–Crippen MR) is 70.4 cm³/mol. The van der Waals surface area contributed by atoms with Crippen LogP contribution in [-0.2, 0) is 10.0 Å². The van der Waals surface area contributed by atoms with Crippen LogP contribution in [0.25, 0.3) is 0 Å². The van der Waals surface area contributed by atoms with Crippen LogP contribution in [0.15, 0.2) is 23.2 Å². The highest BCUT2D eigenvalue weighted by Crippen LogP contribution is 2.25. The van der Waals surface area contributed by atoms with Crippen LogP contribution < -0.4 is 10.5 Å². The number of nitrogens with two attached hydrogens (primary N) is 1. The van der Waals surface area contributed by atoms with Gasteiger partial charge in [-0.1, -0.05) is 19.8 Å². The second-order valence-corrected chi connectivity index (χ2v) is 6.62. The van der Waals surface area contributed by atoms with E-state index in [1.54, 1.807) is 0 Å². The van der Waals surface area contributed by atoms with Gasteiger partial charge in [-0.05, 0) is 30.9 Å². The topological polar surface area (TPSA) is 85.1 Å². The molecule has 100 valence electrons. The maximum atomic E-state index is 12.2. The lowest BCUT2D eigenvalue weighted by atomic mass is 9.87. The molecule has 2 rings (SSSR count). The summed E-state index contributed by atoms with van der Waals surface area (Å²) in [6.07, 6.45) is 5.54. The molecule has 1 aromatic heterocycles. The Balaban J connectivity index is 2.13. The van der Waals surface area contributed by atoms with Crippen LogP contribution in [0, 0.1) is 5.92 Å². The predicted octanol–water partition coefficient (Wildman–Crippen LogP) is 1.52. The molecule has 0 spiro atoms. The normalized spacial score (nSPS) is 24.9. The van der Waals surface area contributed by atoms with Gasteiger partial charge in [0.05, 0.1) is 0 Å². The molecule has 0 aliphatic heterocycles. The van der Waals surface area contributed by atoms with Crippen molar-refractivity contribution in [3.8, 4) is 0 Å². The van der Waals surface area contributed by atoms with E-state index in [9.17, 15) is 8.42 Å². The summed E-state index contributed by atoms with van der Waals surface area (Å²) < 4.78 is 27.1. The Hall–Kier alpha value is -1.14. The summed E-state index contributed by atoms with van der Waals surface area (Å²) in [5, 5.41) is 0. The van der Waals surface area contributed by atoms with E-state index in [0.717, 1.165) is 19.3 Å². The molecular formula is C12H19N3O2S. The SMILES string of the molecule is CC1CCCCC1NS(=O)(=O)c1ccc(N)nc1. The molecule has 0 amide bonds. The average molecular weight is 269 g/mol. The van der Waals surface area contributed by atoms with E-state index in [1.165, 1.54) is 24.8 Å². The lowest BCUT2D eigenvalue weighted by Gasteiger charge is -2.29. The fraction of sp³-hybridized carbons (Fsp3) is 0.583. The van der Waals surface area contributed by atoms with E-state index >= 15 is 0 Å². The number of aromatic nitrogens is 1. The lowest BCUT2D eigenvalue weighted by Crippen LogP contribution is -2.41. The standard InChI is InChI=1S/C12H19N3O2S/c1-9-4-2-3-5-11(9)15-18(16,17)10-6-7-12(13)14-8-10/h6-9,11,15H,2-5H2,1H3,(H2,13,14). The molecule has 2 atom stereocenters. The molecule has 1 heterocycles. The van der Waals surface area contributed by atoms with Gasteiger partial charge >= 0.3 is 0 Å². The Kier molecular flexibility index (Phi) is 3.87. The number of sulfonamides is 1. The molecule has 1 aromatic rings.